The van der Waals surface area contributed by atoms with Gasteiger partial charge in [0.2, 0.25) is 0 Å². The van der Waals surface area contributed by atoms with Crippen molar-refractivity contribution in [3.63, 3.8) is 0 Å². The predicted molar refractivity (Wildman–Crippen MR) is 81.7 cm³/mol. The molecule has 20 heavy (non-hydrogen) atoms. The molecule has 2 rings (SSSR count). The lowest BCUT2D eigenvalue weighted by atomic mass is 10.3. The first kappa shape index (κ1) is 14.5. The molecule has 0 fully saturated rings. The highest BCUT2D eigenvalue weighted by atomic mass is 32.1. The van der Waals surface area contributed by atoms with Crippen LogP contribution in [0.25, 0.3) is 0 Å². The summed E-state index contributed by atoms with van der Waals surface area (Å²) in [6, 6.07) is 3.87. The van der Waals surface area contributed by atoms with E-state index in [1.807, 2.05) is 32.9 Å². The molecule has 2 aromatic heterocycles. The van der Waals surface area contributed by atoms with Crippen molar-refractivity contribution in [1.82, 2.24) is 15.3 Å². The van der Waals surface area contributed by atoms with Gasteiger partial charge in [0.15, 0.2) is 5.13 Å². The van der Waals surface area contributed by atoms with Crippen molar-refractivity contribution in [2.24, 2.45) is 0 Å². The molecule has 0 aliphatic carbocycles. The molecule has 0 bridgehead atoms. The van der Waals surface area contributed by atoms with E-state index < -0.39 is 0 Å². The summed E-state index contributed by atoms with van der Waals surface area (Å²) >= 11 is 1.34. The summed E-state index contributed by atoms with van der Waals surface area (Å²) in [7, 11) is 0. The zero-order chi connectivity index (χ0) is 14.5. The van der Waals surface area contributed by atoms with Crippen LogP contribution < -0.4 is 10.6 Å². The zero-order valence-corrected chi connectivity index (χ0v) is 12.7. The summed E-state index contributed by atoms with van der Waals surface area (Å²) in [6.45, 7) is 6.55. The van der Waals surface area contributed by atoms with Gasteiger partial charge in [-0.05, 0) is 38.0 Å². The largest absolute Gasteiger partial charge is 0.351 e. The highest BCUT2D eigenvalue weighted by Crippen LogP contribution is 2.25. The third-order valence-electron chi connectivity index (χ3n) is 2.69. The maximum atomic E-state index is 12.0. The van der Waals surface area contributed by atoms with E-state index in [4.69, 9.17) is 0 Å². The lowest BCUT2D eigenvalue weighted by Crippen LogP contribution is -2.23. The van der Waals surface area contributed by atoms with Crippen LogP contribution in [0.4, 0.5) is 10.9 Å². The monoisotopic (exact) mass is 290 g/mol. The molecule has 6 heteroatoms. The lowest BCUT2D eigenvalue weighted by molar-refractivity contribution is 0.0957. The zero-order valence-electron chi connectivity index (χ0n) is 11.9. The van der Waals surface area contributed by atoms with Crippen molar-refractivity contribution >= 4 is 28.2 Å². The second-order valence-electron chi connectivity index (χ2n) is 4.53. The van der Waals surface area contributed by atoms with E-state index in [9.17, 15) is 4.79 Å². The van der Waals surface area contributed by atoms with Crippen LogP contribution in [-0.4, -0.2) is 22.4 Å². The number of amides is 1. The molecule has 0 unspecified atom stereocenters. The number of nitrogens with zero attached hydrogens (tertiary/aromatic N) is 2. The van der Waals surface area contributed by atoms with Crippen LogP contribution in [-0.2, 0) is 0 Å². The summed E-state index contributed by atoms with van der Waals surface area (Å²) in [4.78, 5) is 21.2. The average Bonchev–Trinajstić information content (AvgIpc) is 2.77. The normalized spacial score (nSPS) is 10.3. The van der Waals surface area contributed by atoms with Gasteiger partial charge in [0.1, 0.15) is 10.7 Å². The highest BCUT2D eigenvalue weighted by molar-refractivity contribution is 7.17. The Morgan fingerprint density at radius 3 is 2.90 bits per heavy atom. The molecule has 5 nitrogen and oxygen atoms in total. The first-order chi connectivity index (χ1) is 9.60. The molecule has 0 aliphatic heterocycles. The number of thiazole rings is 1. The molecule has 106 valence electrons. The number of nitrogens with one attached hydrogen (secondary N) is 2. The van der Waals surface area contributed by atoms with Crippen molar-refractivity contribution in [3.05, 3.63) is 34.5 Å². The van der Waals surface area contributed by atoms with Crippen LogP contribution in [0.3, 0.4) is 0 Å². The molecule has 0 saturated heterocycles. The maximum Gasteiger partial charge on any atom is 0.263 e. The van der Waals surface area contributed by atoms with Gasteiger partial charge in [0.25, 0.3) is 5.91 Å². The average molecular weight is 290 g/mol. The van der Waals surface area contributed by atoms with Gasteiger partial charge in [-0.2, -0.15) is 0 Å². The summed E-state index contributed by atoms with van der Waals surface area (Å²) in [6.07, 6.45) is 2.66. The van der Waals surface area contributed by atoms with Gasteiger partial charge in [-0.25, -0.2) is 9.97 Å². The molecule has 0 atom stereocenters. The number of rotatable bonds is 5. The number of carbonyl (C=O) groups excluding carboxylic acids is 1. The predicted octanol–water partition coefficient (Wildman–Crippen LogP) is 3.04. The molecular weight excluding hydrogens is 272 g/mol. The van der Waals surface area contributed by atoms with E-state index in [2.05, 4.69) is 20.6 Å². The van der Waals surface area contributed by atoms with E-state index in [0.717, 1.165) is 23.5 Å². The topological polar surface area (TPSA) is 66.9 Å². The Morgan fingerprint density at radius 1 is 1.40 bits per heavy atom. The fourth-order valence-corrected chi connectivity index (χ4v) is 2.58. The molecule has 0 radical (unpaired) electrons. The first-order valence-corrected chi connectivity index (χ1v) is 7.37. The third-order valence-corrected chi connectivity index (χ3v) is 3.76. The van der Waals surface area contributed by atoms with Crippen molar-refractivity contribution in [2.45, 2.75) is 27.2 Å². The Bertz CT molecular complexity index is 609. The molecule has 2 N–H and O–H groups in total. The van der Waals surface area contributed by atoms with Crippen LogP contribution in [0, 0.1) is 13.8 Å². The van der Waals surface area contributed by atoms with E-state index >= 15 is 0 Å². The smallest absolute Gasteiger partial charge is 0.263 e. The van der Waals surface area contributed by atoms with Crippen molar-refractivity contribution in [1.29, 1.82) is 0 Å². The van der Waals surface area contributed by atoms with Crippen LogP contribution in [0.5, 0.6) is 0 Å². The summed E-state index contributed by atoms with van der Waals surface area (Å²) in [5.74, 6) is 0.673. The Hall–Kier alpha value is -1.95. The number of hydrogen-bond donors (Lipinski definition) is 2. The van der Waals surface area contributed by atoms with Gasteiger partial charge < -0.3 is 10.6 Å². The standard InChI is InChI=1S/C14H18N4OS/c1-4-6-16-13(19)12-10(3)17-14(20-12)18-11-8-9(2)5-7-15-11/h5,7-8H,4,6H2,1-3H3,(H,16,19)(H,15,17,18). The molecule has 0 spiro atoms. The molecule has 0 aromatic carbocycles. The fourth-order valence-electron chi connectivity index (χ4n) is 1.69. The van der Waals surface area contributed by atoms with Gasteiger partial charge >= 0.3 is 0 Å². The lowest BCUT2D eigenvalue weighted by Gasteiger charge is -2.01. The van der Waals surface area contributed by atoms with E-state index in [-0.39, 0.29) is 5.91 Å². The van der Waals surface area contributed by atoms with Gasteiger partial charge in [-0.3, -0.25) is 4.79 Å². The number of aromatic nitrogens is 2. The van der Waals surface area contributed by atoms with E-state index in [0.29, 0.717) is 16.6 Å². The SMILES string of the molecule is CCCNC(=O)c1sc(Nc2cc(C)ccn2)nc1C. The van der Waals surface area contributed by atoms with E-state index in [1.165, 1.54) is 11.3 Å². The van der Waals surface area contributed by atoms with Gasteiger partial charge in [-0.15, -0.1) is 0 Å². The third kappa shape index (κ3) is 3.54. The summed E-state index contributed by atoms with van der Waals surface area (Å²) in [5.41, 5.74) is 1.86. The molecular formula is C14H18N4OS. The highest BCUT2D eigenvalue weighted by Gasteiger charge is 2.14. The number of hydrogen-bond acceptors (Lipinski definition) is 5. The quantitative estimate of drug-likeness (QED) is 0.888. The number of aryl methyl sites for hydroxylation is 2. The maximum absolute atomic E-state index is 12.0. The minimum Gasteiger partial charge on any atom is -0.351 e. The number of pyridine rings is 1. The van der Waals surface area contributed by atoms with Crippen LogP contribution in [0.1, 0.15) is 34.3 Å². The Balaban J connectivity index is 2.13. The molecule has 0 saturated carbocycles. The Morgan fingerprint density at radius 2 is 2.20 bits per heavy atom. The van der Waals surface area contributed by atoms with E-state index in [1.54, 1.807) is 6.20 Å². The second-order valence-corrected chi connectivity index (χ2v) is 5.53. The minimum absolute atomic E-state index is 0.0629. The first-order valence-electron chi connectivity index (χ1n) is 6.55. The Kier molecular flexibility index (Phi) is 4.68. The van der Waals surface area contributed by atoms with Crippen molar-refractivity contribution < 1.29 is 4.79 Å². The number of anilines is 2. The summed E-state index contributed by atoms with van der Waals surface area (Å²) < 4.78 is 0. The Labute approximate surface area is 122 Å². The number of carbonyl (C=O) groups is 1. The van der Waals surface area contributed by atoms with Crippen molar-refractivity contribution in [2.75, 3.05) is 11.9 Å². The molecule has 2 aromatic rings. The summed E-state index contributed by atoms with van der Waals surface area (Å²) in [5, 5.41) is 6.68. The fraction of sp³-hybridized carbons (Fsp3) is 0.357. The molecule has 1 amide bonds. The van der Waals surface area contributed by atoms with Crippen LogP contribution >= 0.6 is 11.3 Å². The van der Waals surface area contributed by atoms with Crippen LogP contribution in [0.15, 0.2) is 18.3 Å². The van der Waals surface area contributed by atoms with Gasteiger partial charge in [-0.1, -0.05) is 18.3 Å². The minimum atomic E-state index is -0.0629. The molecule has 2 heterocycles. The second kappa shape index (κ2) is 6.47. The van der Waals surface area contributed by atoms with Gasteiger partial charge in [0, 0.05) is 12.7 Å². The van der Waals surface area contributed by atoms with Crippen LogP contribution in [0.2, 0.25) is 0 Å². The van der Waals surface area contributed by atoms with Crippen molar-refractivity contribution in [3.8, 4) is 0 Å². The molecule has 0 aliphatic rings. The van der Waals surface area contributed by atoms with Gasteiger partial charge in [0.05, 0.1) is 5.69 Å².